The highest BCUT2D eigenvalue weighted by atomic mass is 79.9. The fourth-order valence-electron chi connectivity index (χ4n) is 2.05. The maximum atomic E-state index is 9.75. The Bertz CT molecular complexity index is 492. The average molecular weight is 327 g/mol. The molecule has 96 valence electrons. The quantitative estimate of drug-likeness (QED) is 0.886. The van der Waals surface area contributed by atoms with Crippen molar-refractivity contribution in [2.75, 3.05) is 13.2 Å². The van der Waals surface area contributed by atoms with Crippen LogP contribution in [-0.2, 0) is 11.8 Å². The van der Waals surface area contributed by atoms with Crippen molar-refractivity contribution in [3.05, 3.63) is 56.7 Å². The number of thiophene rings is 1. The fourth-order valence-corrected chi connectivity index (χ4v) is 3.12. The number of benzene rings is 1. The Morgan fingerprint density at radius 2 is 1.94 bits per heavy atom. The largest absolute Gasteiger partial charge is 0.395 e. The second-order valence-corrected chi connectivity index (χ2v) is 6.11. The molecule has 0 atom stereocenters. The number of hydrogen-bond donors (Lipinski definition) is 2. The molecule has 0 aliphatic rings. The molecule has 0 bridgehead atoms. The minimum atomic E-state index is -0.620. The first-order valence-electron chi connectivity index (χ1n) is 5.69. The molecule has 4 heteroatoms. The Morgan fingerprint density at radius 3 is 2.50 bits per heavy atom. The Labute approximate surface area is 119 Å². The molecule has 1 heterocycles. The molecule has 1 aromatic heterocycles. The van der Waals surface area contributed by atoms with Crippen LogP contribution in [-0.4, -0.2) is 23.4 Å². The van der Waals surface area contributed by atoms with Gasteiger partial charge in [0.2, 0.25) is 0 Å². The highest BCUT2D eigenvalue weighted by Gasteiger charge is 2.31. The van der Waals surface area contributed by atoms with Gasteiger partial charge in [0.1, 0.15) is 0 Å². The lowest BCUT2D eigenvalue weighted by atomic mass is 9.77. The number of aliphatic hydroxyl groups excluding tert-OH is 2. The Balaban J connectivity index is 2.37. The fraction of sp³-hybridized carbons (Fsp3) is 0.286. The van der Waals surface area contributed by atoms with Crippen LogP contribution in [0.15, 0.2) is 45.6 Å². The molecule has 2 aromatic rings. The molecule has 2 nitrogen and oxygen atoms in total. The molecule has 0 aliphatic carbocycles. The van der Waals surface area contributed by atoms with Gasteiger partial charge in [-0.1, -0.05) is 28.1 Å². The zero-order valence-electron chi connectivity index (χ0n) is 9.84. The van der Waals surface area contributed by atoms with Gasteiger partial charge in [0, 0.05) is 9.89 Å². The van der Waals surface area contributed by atoms with Crippen LogP contribution in [0.1, 0.15) is 11.1 Å². The summed E-state index contributed by atoms with van der Waals surface area (Å²) in [6, 6.07) is 9.80. The van der Waals surface area contributed by atoms with Crippen LogP contribution in [0.4, 0.5) is 0 Å². The van der Waals surface area contributed by atoms with Crippen molar-refractivity contribution < 1.29 is 10.2 Å². The van der Waals surface area contributed by atoms with E-state index in [1.54, 1.807) is 11.3 Å². The van der Waals surface area contributed by atoms with E-state index in [4.69, 9.17) is 0 Å². The normalized spacial score (nSPS) is 11.7. The molecule has 2 N–H and O–H groups in total. The molecule has 2 rings (SSSR count). The van der Waals surface area contributed by atoms with Gasteiger partial charge < -0.3 is 10.2 Å². The highest BCUT2D eigenvalue weighted by molar-refractivity contribution is 9.10. The molecule has 0 amide bonds. The number of hydrogen-bond acceptors (Lipinski definition) is 3. The summed E-state index contributed by atoms with van der Waals surface area (Å²) in [5.41, 5.74) is 1.47. The van der Waals surface area contributed by atoms with E-state index in [0.29, 0.717) is 6.42 Å². The standard InChI is InChI=1S/C14H15BrO2S/c15-13-3-1-2-12(6-13)14(9-16,10-17)7-11-4-5-18-8-11/h1-6,8,16-17H,7,9-10H2. The first-order chi connectivity index (χ1) is 8.70. The summed E-state index contributed by atoms with van der Waals surface area (Å²) in [4.78, 5) is 0. The van der Waals surface area contributed by atoms with Crippen LogP contribution in [0, 0.1) is 0 Å². The number of rotatable bonds is 5. The van der Waals surface area contributed by atoms with Crippen molar-refractivity contribution in [2.45, 2.75) is 11.8 Å². The van der Waals surface area contributed by atoms with E-state index in [1.165, 1.54) is 0 Å². The third-order valence-electron chi connectivity index (χ3n) is 3.16. The summed E-state index contributed by atoms with van der Waals surface area (Å²) in [5.74, 6) is 0. The molecule has 0 saturated heterocycles. The van der Waals surface area contributed by atoms with E-state index in [2.05, 4.69) is 21.3 Å². The Kier molecular flexibility index (Phi) is 4.56. The van der Waals surface area contributed by atoms with Crippen molar-refractivity contribution in [2.24, 2.45) is 0 Å². The molecule has 1 aromatic carbocycles. The molecular formula is C14H15BrO2S. The van der Waals surface area contributed by atoms with E-state index >= 15 is 0 Å². The molecular weight excluding hydrogens is 312 g/mol. The van der Waals surface area contributed by atoms with Gasteiger partial charge in [0.05, 0.1) is 13.2 Å². The van der Waals surface area contributed by atoms with Crippen molar-refractivity contribution >= 4 is 27.3 Å². The summed E-state index contributed by atoms with van der Waals surface area (Å²) >= 11 is 5.06. The maximum absolute atomic E-state index is 9.75. The zero-order valence-corrected chi connectivity index (χ0v) is 12.2. The highest BCUT2D eigenvalue weighted by Crippen LogP contribution is 2.30. The van der Waals surface area contributed by atoms with Gasteiger partial charge in [0.25, 0.3) is 0 Å². The smallest absolute Gasteiger partial charge is 0.0553 e. The van der Waals surface area contributed by atoms with E-state index in [9.17, 15) is 10.2 Å². The van der Waals surface area contributed by atoms with Gasteiger partial charge in [-0.25, -0.2) is 0 Å². The summed E-state index contributed by atoms with van der Waals surface area (Å²) < 4.78 is 0.955. The topological polar surface area (TPSA) is 40.5 Å². The van der Waals surface area contributed by atoms with Crippen LogP contribution in [0.3, 0.4) is 0 Å². The van der Waals surface area contributed by atoms with E-state index in [-0.39, 0.29) is 13.2 Å². The van der Waals surface area contributed by atoms with Gasteiger partial charge in [-0.3, -0.25) is 0 Å². The van der Waals surface area contributed by atoms with Gasteiger partial charge in [-0.15, -0.1) is 0 Å². The summed E-state index contributed by atoms with van der Waals surface area (Å²) in [6.07, 6.45) is 0.639. The second-order valence-electron chi connectivity index (χ2n) is 4.42. The third kappa shape index (κ3) is 2.83. The lowest BCUT2D eigenvalue weighted by Crippen LogP contribution is -2.37. The Morgan fingerprint density at radius 1 is 1.17 bits per heavy atom. The summed E-state index contributed by atoms with van der Waals surface area (Å²) in [5, 5.41) is 23.6. The second kappa shape index (κ2) is 5.97. The summed E-state index contributed by atoms with van der Waals surface area (Å²) in [6.45, 7) is -0.147. The van der Waals surface area contributed by atoms with Gasteiger partial charge >= 0.3 is 0 Å². The minimum absolute atomic E-state index is 0.0736. The van der Waals surface area contributed by atoms with Crippen molar-refractivity contribution in [1.29, 1.82) is 0 Å². The molecule has 0 saturated carbocycles. The Hall–Kier alpha value is -0.680. The van der Waals surface area contributed by atoms with Crippen molar-refractivity contribution in [1.82, 2.24) is 0 Å². The molecule has 0 aliphatic heterocycles. The molecule has 18 heavy (non-hydrogen) atoms. The van der Waals surface area contributed by atoms with Crippen LogP contribution < -0.4 is 0 Å². The molecule has 0 unspecified atom stereocenters. The van der Waals surface area contributed by atoms with E-state index in [1.807, 2.05) is 35.7 Å². The first kappa shape index (κ1) is 13.7. The SMILES string of the molecule is OCC(CO)(Cc1ccsc1)c1cccc(Br)c1. The van der Waals surface area contributed by atoms with Crippen molar-refractivity contribution in [3.63, 3.8) is 0 Å². The summed E-state index contributed by atoms with van der Waals surface area (Å²) in [7, 11) is 0. The molecule has 0 fully saturated rings. The van der Waals surface area contributed by atoms with Gasteiger partial charge in [0.15, 0.2) is 0 Å². The van der Waals surface area contributed by atoms with Gasteiger partial charge in [-0.05, 0) is 46.5 Å². The van der Waals surface area contributed by atoms with Crippen LogP contribution >= 0.6 is 27.3 Å². The van der Waals surface area contributed by atoms with E-state index < -0.39 is 5.41 Å². The lowest BCUT2D eigenvalue weighted by molar-refractivity contribution is 0.116. The van der Waals surface area contributed by atoms with E-state index in [0.717, 1.165) is 15.6 Å². The lowest BCUT2D eigenvalue weighted by Gasteiger charge is -2.30. The minimum Gasteiger partial charge on any atom is -0.395 e. The zero-order chi connectivity index (χ0) is 13.0. The predicted molar refractivity (Wildman–Crippen MR) is 78.0 cm³/mol. The van der Waals surface area contributed by atoms with Gasteiger partial charge in [-0.2, -0.15) is 11.3 Å². The number of halogens is 1. The maximum Gasteiger partial charge on any atom is 0.0553 e. The monoisotopic (exact) mass is 326 g/mol. The third-order valence-corrected chi connectivity index (χ3v) is 4.39. The average Bonchev–Trinajstić information content (AvgIpc) is 2.89. The molecule has 0 radical (unpaired) electrons. The van der Waals surface area contributed by atoms with Crippen LogP contribution in [0.2, 0.25) is 0 Å². The first-order valence-corrected chi connectivity index (χ1v) is 7.42. The predicted octanol–water partition coefficient (Wildman–Crippen LogP) is 2.98. The van der Waals surface area contributed by atoms with Crippen LogP contribution in [0.5, 0.6) is 0 Å². The number of aliphatic hydroxyl groups is 2. The molecule has 0 spiro atoms. The van der Waals surface area contributed by atoms with Crippen molar-refractivity contribution in [3.8, 4) is 0 Å². The van der Waals surface area contributed by atoms with Crippen LogP contribution in [0.25, 0.3) is 0 Å².